The van der Waals surface area contributed by atoms with Gasteiger partial charge in [0.15, 0.2) is 5.58 Å². The molecule has 24 heavy (non-hydrogen) atoms. The highest BCUT2D eigenvalue weighted by Gasteiger charge is 2.15. The second kappa shape index (κ2) is 4.80. The number of aromatic nitrogens is 1. The fourth-order valence-corrected chi connectivity index (χ4v) is 2.99. The molecule has 3 aromatic carbocycles. The standard InChI is InChI=1S/C20H11NO3/c22-20-15(19-21-16-7-3-4-8-17(16)23-19)11-13-10-9-12-5-1-2-6-14(12)18(13)24-20/h1-11H. The highest BCUT2D eigenvalue weighted by atomic mass is 16.4. The lowest BCUT2D eigenvalue weighted by molar-refractivity contribution is 0.556. The normalized spacial score (nSPS) is 11.5. The molecule has 2 aromatic heterocycles. The van der Waals surface area contributed by atoms with Crippen LogP contribution in [0, 0.1) is 0 Å². The molecule has 0 saturated heterocycles. The van der Waals surface area contributed by atoms with Crippen molar-refractivity contribution in [3.63, 3.8) is 0 Å². The lowest BCUT2D eigenvalue weighted by atomic mass is 10.1. The molecule has 0 radical (unpaired) electrons. The molecule has 4 nitrogen and oxygen atoms in total. The first-order chi connectivity index (χ1) is 11.8. The summed E-state index contributed by atoms with van der Waals surface area (Å²) in [5.41, 5.74) is 1.81. The highest BCUT2D eigenvalue weighted by molar-refractivity contribution is 6.04. The summed E-state index contributed by atoms with van der Waals surface area (Å²) < 4.78 is 11.3. The summed E-state index contributed by atoms with van der Waals surface area (Å²) in [6.07, 6.45) is 0. The summed E-state index contributed by atoms with van der Waals surface area (Å²) >= 11 is 0. The van der Waals surface area contributed by atoms with Crippen LogP contribution in [0.5, 0.6) is 0 Å². The van der Waals surface area contributed by atoms with E-state index in [1.165, 1.54) is 0 Å². The lowest BCUT2D eigenvalue weighted by Gasteiger charge is -2.03. The van der Waals surface area contributed by atoms with Gasteiger partial charge in [-0.3, -0.25) is 0 Å². The Morgan fingerprint density at radius 3 is 2.50 bits per heavy atom. The van der Waals surface area contributed by atoms with E-state index in [0.29, 0.717) is 22.2 Å². The number of para-hydroxylation sites is 2. The number of rotatable bonds is 1. The number of hydrogen-bond acceptors (Lipinski definition) is 4. The van der Waals surface area contributed by atoms with Gasteiger partial charge in [0.25, 0.3) is 0 Å². The Kier molecular flexibility index (Phi) is 2.61. The van der Waals surface area contributed by atoms with Gasteiger partial charge in [0.1, 0.15) is 16.7 Å². The second-order valence-electron chi connectivity index (χ2n) is 5.64. The largest absolute Gasteiger partial charge is 0.436 e. The molecule has 0 fully saturated rings. The van der Waals surface area contributed by atoms with Crippen molar-refractivity contribution < 1.29 is 8.83 Å². The molecular weight excluding hydrogens is 302 g/mol. The first kappa shape index (κ1) is 13.1. The van der Waals surface area contributed by atoms with Crippen LogP contribution in [0.2, 0.25) is 0 Å². The van der Waals surface area contributed by atoms with Gasteiger partial charge in [-0.15, -0.1) is 0 Å². The van der Waals surface area contributed by atoms with E-state index in [0.717, 1.165) is 16.2 Å². The molecule has 4 heteroatoms. The first-order valence-corrected chi connectivity index (χ1v) is 7.61. The molecule has 0 unspecified atom stereocenters. The molecule has 0 N–H and O–H groups in total. The predicted octanol–water partition coefficient (Wildman–Crippen LogP) is 4.75. The lowest BCUT2D eigenvalue weighted by Crippen LogP contribution is -2.03. The number of benzene rings is 3. The van der Waals surface area contributed by atoms with Crippen LogP contribution in [0.25, 0.3) is 44.3 Å². The van der Waals surface area contributed by atoms with Crippen molar-refractivity contribution in [2.24, 2.45) is 0 Å². The maximum absolute atomic E-state index is 12.5. The van der Waals surface area contributed by atoms with Crippen LogP contribution >= 0.6 is 0 Å². The zero-order valence-electron chi connectivity index (χ0n) is 12.5. The summed E-state index contributed by atoms with van der Waals surface area (Å²) in [4.78, 5) is 16.9. The smallest absolute Gasteiger partial charge is 0.349 e. The van der Waals surface area contributed by atoms with Gasteiger partial charge < -0.3 is 8.83 Å². The third-order valence-corrected chi connectivity index (χ3v) is 4.15. The SMILES string of the molecule is O=c1oc2c(ccc3ccccc32)cc1-c1nc2ccccc2o1. The number of fused-ring (bicyclic) bond motifs is 4. The van der Waals surface area contributed by atoms with Gasteiger partial charge >= 0.3 is 5.63 Å². The predicted molar refractivity (Wildman–Crippen MR) is 93.0 cm³/mol. The van der Waals surface area contributed by atoms with Crippen LogP contribution in [-0.2, 0) is 0 Å². The molecule has 2 heterocycles. The minimum absolute atomic E-state index is 0.278. The first-order valence-electron chi connectivity index (χ1n) is 7.61. The Balaban J connectivity index is 1.82. The maximum atomic E-state index is 12.5. The summed E-state index contributed by atoms with van der Waals surface area (Å²) in [7, 11) is 0. The van der Waals surface area contributed by atoms with E-state index in [1.807, 2.05) is 60.7 Å². The fourth-order valence-electron chi connectivity index (χ4n) is 2.99. The molecule has 0 saturated carbocycles. The Hall–Kier alpha value is -3.40. The van der Waals surface area contributed by atoms with Crippen molar-refractivity contribution >= 4 is 32.8 Å². The van der Waals surface area contributed by atoms with Crippen molar-refractivity contribution in [3.05, 3.63) is 77.2 Å². The summed E-state index contributed by atoms with van der Waals surface area (Å²) in [6.45, 7) is 0. The molecule has 0 aliphatic heterocycles. The van der Waals surface area contributed by atoms with Crippen molar-refractivity contribution in [1.82, 2.24) is 4.98 Å². The van der Waals surface area contributed by atoms with Gasteiger partial charge in [-0.25, -0.2) is 9.78 Å². The van der Waals surface area contributed by atoms with Crippen LogP contribution in [0.15, 0.2) is 80.4 Å². The molecule has 5 rings (SSSR count). The Labute approximate surface area is 136 Å². The summed E-state index contributed by atoms with van der Waals surface area (Å²) in [5.74, 6) is 0.278. The van der Waals surface area contributed by atoms with Crippen LogP contribution in [0.3, 0.4) is 0 Å². The van der Waals surface area contributed by atoms with Gasteiger partial charge in [-0.05, 0) is 23.6 Å². The van der Waals surface area contributed by atoms with Crippen molar-refractivity contribution in [3.8, 4) is 11.5 Å². The van der Waals surface area contributed by atoms with E-state index in [2.05, 4.69) is 4.98 Å². The van der Waals surface area contributed by atoms with E-state index >= 15 is 0 Å². The molecule has 0 bridgehead atoms. The minimum Gasteiger partial charge on any atom is -0.436 e. The topological polar surface area (TPSA) is 56.2 Å². The molecule has 0 spiro atoms. The molecule has 114 valence electrons. The van der Waals surface area contributed by atoms with E-state index < -0.39 is 5.63 Å². The Morgan fingerprint density at radius 1 is 0.792 bits per heavy atom. The Morgan fingerprint density at radius 2 is 1.58 bits per heavy atom. The van der Waals surface area contributed by atoms with Crippen LogP contribution in [0.1, 0.15) is 0 Å². The quantitative estimate of drug-likeness (QED) is 0.331. The highest BCUT2D eigenvalue weighted by Crippen LogP contribution is 2.28. The van der Waals surface area contributed by atoms with E-state index in [1.54, 1.807) is 6.07 Å². The number of oxazole rings is 1. The maximum Gasteiger partial charge on any atom is 0.349 e. The number of hydrogen-bond donors (Lipinski definition) is 0. The van der Waals surface area contributed by atoms with Gasteiger partial charge in [0.05, 0.1) is 0 Å². The molecule has 0 amide bonds. The summed E-state index contributed by atoms with van der Waals surface area (Å²) in [5, 5.41) is 2.78. The molecule has 0 atom stereocenters. The van der Waals surface area contributed by atoms with Crippen molar-refractivity contribution in [1.29, 1.82) is 0 Å². The van der Waals surface area contributed by atoms with Gasteiger partial charge in [0.2, 0.25) is 5.89 Å². The molecule has 5 aromatic rings. The third-order valence-electron chi connectivity index (χ3n) is 4.15. The average molecular weight is 313 g/mol. The van der Waals surface area contributed by atoms with Crippen LogP contribution in [0.4, 0.5) is 0 Å². The van der Waals surface area contributed by atoms with E-state index in [-0.39, 0.29) is 5.89 Å². The summed E-state index contributed by atoms with van der Waals surface area (Å²) in [6, 6.07) is 21.0. The zero-order chi connectivity index (χ0) is 16.1. The second-order valence-corrected chi connectivity index (χ2v) is 5.64. The average Bonchev–Trinajstić information content (AvgIpc) is 3.05. The van der Waals surface area contributed by atoms with E-state index in [9.17, 15) is 4.79 Å². The molecule has 0 aliphatic carbocycles. The van der Waals surface area contributed by atoms with Crippen LogP contribution in [-0.4, -0.2) is 4.98 Å². The van der Waals surface area contributed by atoms with Crippen molar-refractivity contribution in [2.45, 2.75) is 0 Å². The minimum atomic E-state index is -0.453. The van der Waals surface area contributed by atoms with Crippen LogP contribution < -0.4 is 5.63 Å². The number of nitrogens with zero attached hydrogens (tertiary/aromatic N) is 1. The Bertz CT molecular complexity index is 1250. The fraction of sp³-hybridized carbons (Fsp3) is 0. The molecule has 0 aliphatic rings. The van der Waals surface area contributed by atoms with Gasteiger partial charge in [-0.1, -0.05) is 48.5 Å². The zero-order valence-corrected chi connectivity index (χ0v) is 12.5. The van der Waals surface area contributed by atoms with E-state index in [4.69, 9.17) is 8.83 Å². The van der Waals surface area contributed by atoms with Crippen molar-refractivity contribution in [2.75, 3.05) is 0 Å². The molecular formula is C20H11NO3. The van der Waals surface area contributed by atoms with Gasteiger partial charge in [0, 0.05) is 10.8 Å². The third kappa shape index (κ3) is 1.86. The van der Waals surface area contributed by atoms with Gasteiger partial charge in [-0.2, -0.15) is 0 Å². The monoisotopic (exact) mass is 313 g/mol.